The quantitative estimate of drug-likeness (QED) is 0.553. The van der Waals surface area contributed by atoms with E-state index < -0.39 is 21.2 Å². The van der Waals surface area contributed by atoms with E-state index in [0.29, 0.717) is 11.4 Å². The molecule has 0 aromatic heterocycles. The number of carbonyl (C=O) groups is 2. The Morgan fingerprint density at radius 2 is 1.65 bits per heavy atom. The highest BCUT2D eigenvalue weighted by Gasteiger charge is 2.42. The molecule has 1 saturated heterocycles. The van der Waals surface area contributed by atoms with Crippen molar-refractivity contribution in [3.63, 3.8) is 0 Å². The van der Waals surface area contributed by atoms with Gasteiger partial charge in [-0.25, -0.2) is 8.42 Å². The molecule has 2 unspecified atom stereocenters. The zero-order valence-electron chi connectivity index (χ0n) is 15.2. The van der Waals surface area contributed by atoms with Crippen LogP contribution in [-0.4, -0.2) is 55.5 Å². The number of carbonyl (C=O) groups excluding carboxylic acids is 2. The minimum atomic E-state index is -3.66. The predicted octanol–water partition coefficient (Wildman–Crippen LogP) is 0.0985. The summed E-state index contributed by atoms with van der Waals surface area (Å²) in [4.78, 5) is 23.3. The molecule has 2 amide bonds. The third kappa shape index (κ3) is 4.79. The molecule has 1 heterocycles. The molecule has 0 radical (unpaired) electrons. The van der Waals surface area contributed by atoms with Crippen molar-refractivity contribution in [1.29, 1.82) is 0 Å². The van der Waals surface area contributed by atoms with Gasteiger partial charge in [-0.1, -0.05) is 6.07 Å². The molecular weight excluding hydrogens is 358 g/mol. The van der Waals surface area contributed by atoms with Crippen molar-refractivity contribution in [2.24, 2.45) is 0 Å². The van der Waals surface area contributed by atoms with E-state index in [9.17, 15) is 18.0 Å². The summed E-state index contributed by atoms with van der Waals surface area (Å²) in [5, 5.41) is 4.60. The first-order valence-corrected chi connectivity index (χ1v) is 9.75. The van der Waals surface area contributed by atoms with Gasteiger partial charge in [0.1, 0.15) is 5.25 Å². The van der Waals surface area contributed by atoms with Gasteiger partial charge in [-0.2, -0.15) is 4.31 Å². The van der Waals surface area contributed by atoms with Gasteiger partial charge in [-0.3, -0.25) is 20.4 Å². The van der Waals surface area contributed by atoms with Crippen LogP contribution in [0, 0.1) is 0 Å². The number of sulfonamides is 1. The molecule has 0 saturated carbocycles. The van der Waals surface area contributed by atoms with Gasteiger partial charge in [-0.15, -0.1) is 0 Å². The van der Waals surface area contributed by atoms with Crippen LogP contribution in [0.15, 0.2) is 24.3 Å². The number of benzene rings is 1. The monoisotopic (exact) mass is 383 g/mol. The van der Waals surface area contributed by atoms with Gasteiger partial charge < -0.3 is 10.6 Å². The molecule has 1 aromatic carbocycles. The summed E-state index contributed by atoms with van der Waals surface area (Å²) in [6.07, 6.45) is 0. The van der Waals surface area contributed by atoms with E-state index in [1.54, 1.807) is 38.1 Å². The first kappa shape index (κ1) is 20.3. The van der Waals surface area contributed by atoms with Crippen LogP contribution in [0.3, 0.4) is 0 Å². The Bertz CT molecular complexity index is 773. The number of nitrogens with zero attached hydrogens (tertiary/aromatic N) is 1. The van der Waals surface area contributed by atoms with E-state index in [1.165, 1.54) is 14.0 Å². The molecule has 1 aliphatic heterocycles. The number of rotatable bonds is 6. The zero-order valence-corrected chi connectivity index (χ0v) is 16.1. The van der Waals surface area contributed by atoms with Crippen LogP contribution in [0.4, 0.5) is 11.4 Å². The molecule has 0 bridgehead atoms. The highest BCUT2D eigenvalue weighted by atomic mass is 32.2. The van der Waals surface area contributed by atoms with E-state index in [-0.39, 0.29) is 24.5 Å². The zero-order chi connectivity index (χ0) is 19.5. The Morgan fingerprint density at radius 1 is 1.12 bits per heavy atom. The molecule has 2 atom stereocenters. The second-order valence-electron chi connectivity index (χ2n) is 6.44. The highest BCUT2D eigenvalue weighted by Crippen LogP contribution is 2.19. The summed E-state index contributed by atoms with van der Waals surface area (Å²) in [5.41, 5.74) is 6.82. The summed E-state index contributed by atoms with van der Waals surface area (Å²) >= 11 is 0. The Kier molecular flexibility index (Phi) is 6.34. The Labute approximate surface area is 153 Å². The van der Waals surface area contributed by atoms with Gasteiger partial charge in [0.2, 0.25) is 21.8 Å². The molecule has 1 aromatic rings. The average Bonchev–Trinajstić information content (AvgIpc) is 2.86. The molecule has 144 valence electrons. The highest BCUT2D eigenvalue weighted by molar-refractivity contribution is 7.89. The van der Waals surface area contributed by atoms with E-state index in [4.69, 9.17) is 0 Å². The Hall–Kier alpha value is -2.01. The largest absolute Gasteiger partial charge is 0.326 e. The van der Waals surface area contributed by atoms with Crippen molar-refractivity contribution in [2.45, 2.75) is 38.1 Å². The van der Waals surface area contributed by atoms with Crippen molar-refractivity contribution in [2.75, 3.05) is 24.2 Å². The molecule has 10 heteroatoms. The Balaban J connectivity index is 2.02. The lowest BCUT2D eigenvalue weighted by molar-refractivity contribution is -0.116. The summed E-state index contributed by atoms with van der Waals surface area (Å²) in [6.45, 7) is 4.64. The van der Waals surface area contributed by atoms with E-state index in [0.717, 1.165) is 4.31 Å². The van der Waals surface area contributed by atoms with Crippen LogP contribution in [0.1, 0.15) is 20.8 Å². The maximum absolute atomic E-state index is 12.7. The molecule has 0 spiro atoms. The summed E-state index contributed by atoms with van der Waals surface area (Å²) < 4.78 is 26.5. The van der Waals surface area contributed by atoms with Crippen LogP contribution >= 0.6 is 0 Å². The normalized spacial score (nSPS) is 23.0. The minimum absolute atomic E-state index is 0.221. The van der Waals surface area contributed by atoms with Crippen LogP contribution in [-0.2, 0) is 19.6 Å². The van der Waals surface area contributed by atoms with E-state index in [1.807, 2.05) is 0 Å². The molecule has 2 rings (SSSR count). The number of nitrogens with one attached hydrogen (secondary N) is 4. The average molecular weight is 383 g/mol. The van der Waals surface area contributed by atoms with E-state index in [2.05, 4.69) is 21.5 Å². The minimum Gasteiger partial charge on any atom is -0.326 e. The van der Waals surface area contributed by atoms with Crippen molar-refractivity contribution >= 4 is 33.2 Å². The lowest BCUT2D eigenvalue weighted by Gasteiger charge is -2.25. The van der Waals surface area contributed by atoms with Gasteiger partial charge in [0.25, 0.3) is 0 Å². The first-order chi connectivity index (χ1) is 12.1. The number of hydrogen-bond acceptors (Lipinski definition) is 6. The van der Waals surface area contributed by atoms with Crippen molar-refractivity contribution in [3.05, 3.63) is 24.3 Å². The predicted molar refractivity (Wildman–Crippen MR) is 99.9 cm³/mol. The van der Waals surface area contributed by atoms with Gasteiger partial charge in [0.05, 0.1) is 6.54 Å². The van der Waals surface area contributed by atoms with Crippen LogP contribution in [0.2, 0.25) is 0 Å². The van der Waals surface area contributed by atoms with Crippen molar-refractivity contribution in [3.8, 4) is 0 Å². The molecule has 9 nitrogen and oxygen atoms in total. The fourth-order valence-electron chi connectivity index (χ4n) is 2.95. The van der Waals surface area contributed by atoms with Crippen LogP contribution in [0.5, 0.6) is 0 Å². The second-order valence-corrected chi connectivity index (χ2v) is 8.64. The molecular formula is C16H25N5O4S. The lowest BCUT2D eigenvalue weighted by Crippen LogP contribution is -2.47. The van der Waals surface area contributed by atoms with Crippen LogP contribution in [0.25, 0.3) is 0 Å². The van der Waals surface area contributed by atoms with Gasteiger partial charge >= 0.3 is 0 Å². The number of likely N-dealkylation sites (N-methyl/N-ethyl adjacent to an activating group) is 1. The summed E-state index contributed by atoms with van der Waals surface area (Å²) in [6, 6.07) is 6.09. The molecule has 1 aliphatic rings. The molecule has 1 fully saturated rings. The fraction of sp³-hybridized carbons (Fsp3) is 0.500. The number of hydrogen-bond donors (Lipinski definition) is 4. The van der Waals surface area contributed by atoms with Crippen molar-refractivity contribution in [1.82, 2.24) is 15.2 Å². The standard InChI is InChI=1S/C16H25N5O4S/c1-10-16(11(2)20-19-10)26(24,25)21(4)9-15(23)18-14-7-5-6-13(8-14)17-12(3)22/h5-8,10-11,16,19-20H,9H2,1-4H3,(H,17,22)(H,18,23). The smallest absolute Gasteiger partial charge is 0.239 e. The molecule has 0 aliphatic carbocycles. The Morgan fingerprint density at radius 3 is 2.19 bits per heavy atom. The number of hydrazine groups is 1. The third-order valence-corrected chi connectivity index (χ3v) is 6.64. The number of amides is 2. The molecule has 4 N–H and O–H groups in total. The third-order valence-electron chi connectivity index (χ3n) is 4.14. The maximum atomic E-state index is 12.7. The van der Waals surface area contributed by atoms with E-state index >= 15 is 0 Å². The van der Waals surface area contributed by atoms with Gasteiger partial charge in [0.15, 0.2) is 0 Å². The molecule has 26 heavy (non-hydrogen) atoms. The fourth-order valence-corrected chi connectivity index (χ4v) is 4.84. The second kappa shape index (κ2) is 8.12. The summed E-state index contributed by atoms with van der Waals surface area (Å²) in [5.74, 6) is -0.684. The topological polar surface area (TPSA) is 120 Å². The van der Waals surface area contributed by atoms with Gasteiger partial charge in [0, 0.05) is 37.4 Å². The SMILES string of the molecule is CC(=O)Nc1cccc(NC(=O)CN(C)S(=O)(=O)C2C(C)NNC2C)c1. The summed E-state index contributed by atoms with van der Waals surface area (Å²) in [7, 11) is -2.27. The number of anilines is 2. The lowest BCUT2D eigenvalue weighted by atomic mass is 10.2. The van der Waals surface area contributed by atoms with Gasteiger partial charge in [-0.05, 0) is 32.0 Å². The first-order valence-electron chi connectivity index (χ1n) is 8.25. The maximum Gasteiger partial charge on any atom is 0.239 e. The van der Waals surface area contributed by atoms with Crippen LogP contribution < -0.4 is 21.5 Å². The van der Waals surface area contributed by atoms with Crippen molar-refractivity contribution < 1.29 is 18.0 Å².